The number of anilines is 1. The number of nitrogens with one attached hydrogen (secondary N) is 11. The number of aliphatic imine (C=N–C) groups is 1. The third-order valence-electron chi connectivity index (χ3n) is 20.4. The molecule has 722 valence electrons. The van der Waals surface area contributed by atoms with Gasteiger partial charge in [0.15, 0.2) is 34.2 Å². The normalized spacial score (nSPS) is 18.7. The minimum atomic E-state index is -5.24. The van der Waals surface area contributed by atoms with Crippen molar-refractivity contribution in [2.45, 2.75) is 142 Å². The number of thioether (sulfide) groups is 1. The van der Waals surface area contributed by atoms with Crippen LogP contribution in [-0.2, 0) is 133 Å². The first kappa shape index (κ1) is 111. The van der Waals surface area contributed by atoms with Crippen LogP contribution in [0.5, 0.6) is 0 Å². The predicted molar refractivity (Wildman–Crippen MR) is 487 cm³/mol. The first-order valence-corrected chi connectivity index (χ1v) is 51.3. The Labute approximate surface area is 781 Å². The maximum absolute atomic E-state index is 15.0. The molecule has 2 aliphatic heterocycles. The standard InChI is InChI=1S/C80H108N16O25S7.2O.Tc/c81-20-24-85-40-48(41-86-25-21-82)33-52(97)11-6-13-69(102)87-26-28-120-30-31-121-29-27-88-70(103)19-18-63(99)60-43-123-46-71(104)92-58(12-4-5-22-90-80(122)96-59-38-66(126(111,112)113)55-16-17-57-68(128(117,118)119)39-67(127(114,115)116)56-15-14-54(59)73(55)74(56)57)78(110)95-62-45-125-124-44-61(65(101)36-50(76(108)93-60)32-47-8-2-1-3-9-47)94-77(109)51(37-72(105)106)34-53(98)42-91-75(107)49(35-64(62)100)10-7-23-89-79(83)84;;;/h1-3,8-9,14-17,38-39,48-51,58,60-62,81-82H,4-7,10-13,18-37,40-46H2,(H,87,102)(H,88,103)(H,91,107)(H,92,104)(H,93,108)(H,94,109)(H,95,110)(H,105,106)(H4,83,84,89)(H2,90,96,122)(H,111,112,113)(H,114,115,116)(H,117,118,119);;;/q-4;;;+1/t49-,50-,51+,58+,60+,61+,62+;;;/m1.../s1. The third kappa shape index (κ3) is 38.9. The Morgan fingerprint density at radius 1 is 0.603 bits per heavy atom. The number of benzene rings is 5. The molecule has 131 heavy (non-hydrogen) atoms. The summed E-state index contributed by atoms with van der Waals surface area (Å²) < 4.78 is 136. The number of hydrogen-bond acceptors (Lipinski definition) is 28. The summed E-state index contributed by atoms with van der Waals surface area (Å²) in [7, 11) is -13.8. The van der Waals surface area contributed by atoms with Crippen molar-refractivity contribution in [1.29, 1.82) is 0 Å². The fourth-order valence-electron chi connectivity index (χ4n) is 14.1. The number of ether oxygens (including phenoxy) is 2. The summed E-state index contributed by atoms with van der Waals surface area (Å²) in [6, 6.07) is 8.59. The van der Waals surface area contributed by atoms with E-state index in [9.17, 15) is 106 Å². The molecule has 7 amide bonds. The van der Waals surface area contributed by atoms with Crippen molar-refractivity contribution in [3.8, 4) is 0 Å². The van der Waals surface area contributed by atoms with Gasteiger partial charge in [0.2, 0.25) is 41.4 Å². The van der Waals surface area contributed by atoms with Gasteiger partial charge in [-0.25, -0.2) is 0 Å². The monoisotopic (exact) mass is 2050 g/mol. The van der Waals surface area contributed by atoms with E-state index in [-0.39, 0.29) is 207 Å². The number of amides is 7. The van der Waals surface area contributed by atoms with Gasteiger partial charge in [-0.2, -0.15) is 51.4 Å². The van der Waals surface area contributed by atoms with Gasteiger partial charge in [0.1, 0.15) is 26.5 Å². The van der Waals surface area contributed by atoms with Crippen molar-refractivity contribution in [3.05, 3.63) is 94.4 Å². The predicted octanol–water partition coefficient (Wildman–Crippen LogP) is 3.45. The van der Waals surface area contributed by atoms with Gasteiger partial charge in [-0.1, -0.05) is 82.1 Å². The average Bonchev–Trinajstić information content (AvgIpc) is 0.705. The second-order valence-corrected chi connectivity index (χ2v) is 38.8. The van der Waals surface area contributed by atoms with Crippen LogP contribution in [0.1, 0.15) is 102 Å². The molecular formula is C80H108N16O27S7Tc-3. The number of guanidine groups is 1. The van der Waals surface area contributed by atoms with Crippen molar-refractivity contribution in [3.63, 3.8) is 0 Å². The zero-order chi connectivity index (χ0) is 96.4. The van der Waals surface area contributed by atoms with Crippen LogP contribution >= 0.6 is 45.6 Å². The maximum atomic E-state index is 15.0. The van der Waals surface area contributed by atoms with E-state index in [1.807, 2.05) is 0 Å². The quantitative estimate of drug-likeness (QED) is 0.00505. The number of unbranched alkanes of at least 4 members (excludes halogenated alkanes) is 1. The van der Waals surface area contributed by atoms with Gasteiger partial charge >= 0.3 is 30.6 Å². The molecule has 43 nitrogen and oxygen atoms in total. The van der Waals surface area contributed by atoms with E-state index in [1.54, 1.807) is 30.3 Å². The third-order valence-corrected chi connectivity index (χ3v) is 26.8. The second-order valence-electron chi connectivity index (χ2n) is 30.4. The van der Waals surface area contributed by atoms with Crippen LogP contribution in [-0.4, -0.2) is 277 Å². The summed E-state index contributed by atoms with van der Waals surface area (Å²) in [5, 5.41) is 41.6. The van der Waals surface area contributed by atoms with Crippen molar-refractivity contribution in [2.75, 3.05) is 127 Å². The van der Waals surface area contributed by atoms with E-state index in [2.05, 4.69) is 63.5 Å². The molecule has 5 aromatic carbocycles. The summed E-state index contributed by atoms with van der Waals surface area (Å²) in [4.78, 5) is 183. The Morgan fingerprint density at radius 2 is 1.15 bits per heavy atom. The van der Waals surface area contributed by atoms with Crippen LogP contribution in [0, 0.1) is 23.7 Å². The average molecular weight is 2050 g/mol. The van der Waals surface area contributed by atoms with Gasteiger partial charge in [-0.3, -0.25) is 81.0 Å². The number of nitrogens with zero attached hydrogens (tertiary/aromatic N) is 3. The molecule has 2 saturated heterocycles. The summed E-state index contributed by atoms with van der Waals surface area (Å²) in [6.45, 7) is 1.56. The number of carboxylic acids is 1. The topological polar surface area (TPSA) is 706 Å². The van der Waals surface area contributed by atoms with E-state index in [0.717, 1.165) is 51.5 Å². The summed E-state index contributed by atoms with van der Waals surface area (Å²) in [5.74, 6) is -15.9. The summed E-state index contributed by atoms with van der Waals surface area (Å²) in [5.41, 5.74) is 26.1. The zero-order valence-electron chi connectivity index (χ0n) is 71.1. The van der Waals surface area contributed by atoms with Crippen LogP contribution in [0.3, 0.4) is 0 Å². The minimum absolute atomic E-state index is 0.00788. The fraction of sp³-hybridized carbons (Fsp3) is 0.537. The number of carbonyl (C=O) groups excluding carboxylic acids is 12. The number of carboxylic acid groups (broad SMARTS) is 1. The zero-order valence-corrected chi connectivity index (χ0v) is 78.7. The molecule has 2 heterocycles. The molecule has 0 radical (unpaired) electrons. The van der Waals surface area contributed by atoms with Crippen LogP contribution < -0.4 is 59.3 Å². The number of carbonyl (C=O) groups is 13. The van der Waals surface area contributed by atoms with Crippen molar-refractivity contribution in [2.24, 2.45) is 40.1 Å². The number of aliphatic carboxylic acids is 1. The van der Waals surface area contributed by atoms with E-state index in [1.165, 1.54) is 12.1 Å². The number of Topliss-reactive ketones (excluding diaryl/α,β-unsaturated/α-hetero) is 5. The molecule has 2 bridgehead atoms. The second kappa shape index (κ2) is 56.9. The molecule has 0 aliphatic carbocycles. The molecule has 19 N–H and O–H groups in total. The Balaban J connectivity index is 0.00000868. The van der Waals surface area contributed by atoms with Gasteiger partial charge < -0.3 is 96.0 Å². The molecule has 7 atom stereocenters. The number of hydrogen-bond donors (Lipinski definition) is 15. The number of thiocarbonyl (C=S) groups is 1. The number of ketones is 5. The molecule has 7 rings (SSSR count). The molecule has 0 unspecified atom stereocenters. The number of fused-ring (bicyclic) bond motifs is 5. The molecule has 0 saturated carbocycles. The van der Waals surface area contributed by atoms with Crippen molar-refractivity contribution < 1.29 is 140 Å². The molecule has 2 fully saturated rings. The summed E-state index contributed by atoms with van der Waals surface area (Å²) in [6.07, 6.45) is -2.98. The van der Waals surface area contributed by atoms with E-state index < -0.39 is 220 Å². The van der Waals surface area contributed by atoms with Crippen molar-refractivity contribution >= 4 is 201 Å². The Hall–Kier alpha value is -9.00. The van der Waals surface area contributed by atoms with Crippen LogP contribution in [0.4, 0.5) is 5.69 Å². The Kier molecular flexibility index (Phi) is 48.1. The Morgan fingerprint density at radius 3 is 1.71 bits per heavy atom. The van der Waals surface area contributed by atoms with Gasteiger partial charge in [-0.05, 0) is 74.9 Å². The fourth-order valence-corrected chi connectivity index (χ4v) is 19.8. The van der Waals surface area contributed by atoms with E-state index >= 15 is 0 Å². The van der Waals surface area contributed by atoms with Crippen molar-refractivity contribution in [1.82, 2.24) is 42.5 Å². The summed E-state index contributed by atoms with van der Waals surface area (Å²) >= 11 is 4.55. The number of nitrogens with two attached hydrogens (primary N) is 2. The van der Waals surface area contributed by atoms with Crippen LogP contribution in [0.15, 0.2) is 86.4 Å². The van der Waals surface area contributed by atoms with E-state index in [4.69, 9.17) is 51.6 Å². The van der Waals surface area contributed by atoms with E-state index in [0.29, 0.717) is 44.2 Å². The molecule has 0 aromatic heterocycles. The van der Waals surface area contributed by atoms with Gasteiger partial charge in [-0.15, -0.1) is 24.9 Å². The molecule has 0 spiro atoms. The first-order chi connectivity index (χ1) is 62.3. The Bertz CT molecular complexity index is 5190. The number of rotatable bonds is 44. The van der Waals surface area contributed by atoms with Gasteiger partial charge in [0.25, 0.3) is 30.4 Å². The molecule has 5 aromatic rings. The van der Waals surface area contributed by atoms with Gasteiger partial charge in [0, 0.05) is 145 Å². The molecule has 51 heteroatoms. The van der Waals surface area contributed by atoms with Crippen LogP contribution in [0.2, 0.25) is 0 Å². The van der Waals surface area contributed by atoms with Gasteiger partial charge in [0.05, 0.1) is 69.2 Å². The first-order valence-electron chi connectivity index (χ1n) is 41.4. The SMILES string of the molecule is [NH-]CC[N-]CC(C[N-]CC[NH-])CC(=O)CCCC(=O)NCCOCCOCCNC(=O)CCC(=O)[C@@H]1CSCC(=O)N[C@@H](CCCCNC(=S)Nc2cc(S(=O)(=O)O)c3ccc4c(S(=O)(=O)O)cc(S(=O)(=O)O)c5ccc2c3c54)C(=O)N[C@H]2CSSC[C@H](NC(=O)[C@H](CC(=O)O)CC(=O)CNC(=O)[C@H](CCCN=C(N)N)CC2=O)C(=O)C[C@@H](Cc2ccccc2)C(=O)N1.[O]=[Tc+]=[O]. The molecule has 2 aliphatic rings. The molecular weight excluding hydrogens is 1940 g/mol. The van der Waals surface area contributed by atoms with Crippen LogP contribution in [0.25, 0.3) is 54.4 Å².